The number of aromatic nitrogens is 2. The highest BCUT2D eigenvalue weighted by atomic mass is 15.2. The normalized spacial score (nSPS) is 24.4. The maximum absolute atomic E-state index is 4.73. The van der Waals surface area contributed by atoms with Crippen molar-refractivity contribution in [1.82, 2.24) is 14.9 Å². The Hall–Kier alpha value is -1.94. The minimum absolute atomic E-state index is 0.523. The average Bonchev–Trinajstić information content (AvgIpc) is 2.72. The number of para-hydroxylation sites is 1. The van der Waals surface area contributed by atoms with Gasteiger partial charge in [0.05, 0.1) is 5.69 Å². The van der Waals surface area contributed by atoms with Crippen LogP contribution in [0.4, 0.5) is 11.6 Å². The van der Waals surface area contributed by atoms with Crippen molar-refractivity contribution < 1.29 is 0 Å². The van der Waals surface area contributed by atoms with Crippen LogP contribution in [0.2, 0.25) is 0 Å². The molecular formula is C16H18N4. The summed E-state index contributed by atoms with van der Waals surface area (Å²) in [5, 5.41) is 3.28. The van der Waals surface area contributed by atoms with Crippen molar-refractivity contribution in [1.29, 1.82) is 0 Å². The molecule has 2 aliphatic heterocycles. The average molecular weight is 266 g/mol. The van der Waals surface area contributed by atoms with Gasteiger partial charge in [0, 0.05) is 36.0 Å². The molecule has 2 unspecified atom stereocenters. The quantitative estimate of drug-likeness (QED) is 0.907. The van der Waals surface area contributed by atoms with Gasteiger partial charge < -0.3 is 5.32 Å². The lowest BCUT2D eigenvalue weighted by molar-refractivity contribution is 0.221. The molecule has 0 spiro atoms. The van der Waals surface area contributed by atoms with Gasteiger partial charge >= 0.3 is 0 Å². The fourth-order valence-corrected chi connectivity index (χ4v) is 3.44. The molecular weight excluding hydrogens is 248 g/mol. The van der Waals surface area contributed by atoms with E-state index in [1.165, 1.54) is 24.1 Å². The number of nitrogens with zero attached hydrogens (tertiary/aromatic N) is 3. The van der Waals surface area contributed by atoms with E-state index in [9.17, 15) is 0 Å². The molecule has 2 bridgehead atoms. The second-order valence-electron chi connectivity index (χ2n) is 5.70. The molecule has 3 heterocycles. The lowest BCUT2D eigenvalue weighted by Crippen LogP contribution is -2.34. The molecule has 0 radical (unpaired) electrons. The van der Waals surface area contributed by atoms with Gasteiger partial charge in [-0.25, -0.2) is 9.97 Å². The molecule has 0 aliphatic carbocycles. The number of likely N-dealkylation sites (N-methyl/N-ethyl adjacent to an activating group) is 1. The Morgan fingerprint density at radius 3 is 2.90 bits per heavy atom. The molecule has 1 aromatic heterocycles. The molecule has 4 nitrogen and oxygen atoms in total. The molecule has 0 saturated carbocycles. The number of hydrogen-bond donors (Lipinski definition) is 1. The summed E-state index contributed by atoms with van der Waals surface area (Å²) in [7, 11) is 2.22. The molecule has 2 atom stereocenters. The molecule has 1 saturated heterocycles. The molecule has 4 heteroatoms. The summed E-state index contributed by atoms with van der Waals surface area (Å²) in [6.07, 6.45) is 5.58. The largest absolute Gasteiger partial charge is 0.324 e. The third-order valence-electron chi connectivity index (χ3n) is 4.56. The first-order chi connectivity index (χ1) is 9.81. The Morgan fingerprint density at radius 2 is 2.05 bits per heavy atom. The van der Waals surface area contributed by atoms with Crippen molar-refractivity contribution in [3.05, 3.63) is 47.8 Å². The van der Waals surface area contributed by atoms with Crippen molar-refractivity contribution in [2.24, 2.45) is 0 Å². The Morgan fingerprint density at radius 1 is 1.20 bits per heavy atom. The highest BCUT2D eigenvalue weighted by Gasteiger charge is 2.38. The van der Waals surface area contributed by atoms with E-state index < -0.39 is 0 Å². The van der Waals surface area contributed by atoms with Crippen LogP contribution in [-0.4, -0.2) is 28.0 Å². The predicted molar refractivity (Wildman–Crippen MR) is 79.0 cm³/mol. The molecule has 0 amide bonds. The molecule has 2 aliphatic rings. The first-order valence-corrected chi connectivity index (χ1v) is 7.21. The summed E-state index contributed by atoms with van der Waals surface area (Å²) < 4.78 is 0. The maximum atomic E-state index is 4.73. The van der Waals surface area contributed by atoms with Crippen LogP contribution < -0.4 is 5.32 Å². The van der Waals surface area contributed by atoms with Gasteiger partial charge in [0.2, 0.25) is 5.95 Å². The van der Waals surface area contributed by atoms with Gasteiger partial charge in [-0.2, -0.15) is 0 Å². The molecule has 1 N–H and O–H groups in total. The monoisotopic (exact) mass is 266 g/mol. The first-order valence-electron chi connectivity index (χ1n) is 7.21. The van der Waals surface area contributed by atoms with Gasteiger partial charge in [-0.1, -0.05) is 18.2 Å². The Kier molecular flexibility index (Phi) is 2.70. The number of hydrogen-bond acceptors (Lipinski definition) is 4. The van der Waals surface area contributed by atoms with E-state index >= 15 is 0 Å². The number of nitrogens with one attached hydrogen (secondary N) is 1. The third-order valence-corrected chi connectivity index (χ3v) is 4.56. The van der Waals surface area contributed by atoms with E-state index in [2.05, 4.69) is 22.2 Å². The first kappa shape index (κ1) is 11.9. The smallest absolute Gasteiger partial charge is 0.227 e. The molecule has 1 aromatic carbocycles. The minimum atomic E-state index is 0.523. The van der Waals surface area contributed by atoms with Gasteiger partial charge in [0.1, 0.15) is 0 Å². The van der Waals surface area contributed by atoms with Crippen LogP contribution in [0.25, 0.3) is 0 Å². The summed E-state index contributed by atoms with van der Waals surface area (Å²) in [5.41, 5.74) is 3.58. The minimum Gasteiger partial charge on any atom is -0.324 e. The number of benzene rings is 1. The SMILES string of the molecule is CN1C2CCC1c1cnc(Nc3ccccc3)nc1C2. The zero-order valence-corrected chi connectivity index (χ0v) is 11.6. The van der Waals surface area contributed by atoms with E-state index in [4.69, 9.17) is 4.98 Å². The number of fused-ring (bicyclic) bond motifs is 4. The summed E-state index contributed by atoms with van der Waals surface area (Å²) in [6.45, 7) is 0. The fraction of sp³-hybridized carbons (Fsp3) is 0.375. The summed E-state index contributed by atoms with van der Waals surface area (Å²) in [5.74, 6) is 0.707. The lowest BCUT2D eigenvalue weighted by atomic mass is 10.0. The molecule has 20 heavy (non-hydrogen) atoms. The van der Waals surface area contributed by atoms with Crippen LogP contribution in [0.1, 0.15) is 30.1 Å². The second-order valence-corrected chi connectivity index (χ2v) is 5.70. The van der Waals surface area contributed by atoms with Crippen LogP contribution in [0, 0.1) is 0 Å². The lowest BCUT2D eigenvalue weighted by Gasteiger charge is -2.32. The van der Waals surface area contributed by atoms with Gasteiger partial charge in [-0.3, -0.25) is 4.90 Å². The van der Waals surface area contributed by atoms with Crippen molar-refractivity contribution in [3.8, 4) is 0 Å². The Bertz CT molecular complexity index is 626. The topological polar surface area (TPSA) is 41.1 Å². The summed E-state index contributed by atoms with van der Waals surface area (Å²) in [4.78, 5) is 11.7. The summed E-state index contributed by atoms with van der Waals surface area (Å²) >= 11 is 0. The Labute approximate surface area is 118 Å². The fourth-order valence-electron chi connectivity index (χ4n) is 3.44. The van der Waals surface area contributed by atoms with Crippen molar-refractivity contribution in [2.75, 3.05) is 12.4 Å². The van der Waals surface area contributed by atoms with E-state index in [0.717, 1.165) is 12.1 Å². The van der Waals surface area contributed by atoms with Crippen molar-refractivity contribution >= 4 is 11.6 Å². The van der Waals surface area contributed by atoms with Crippen molar-refractivity contribution in [2.45, 2.75) is 31.3 Å². The van der Waals surface area contributed by atoms with Crippen LogP contribution in [0.15, 0.2) is 36.5 Å². The number of anilines is 2. The maximum Gasteiger partial charge on any atom is 0.227 e. The van der Waals surface area contributed by atoms with E-state index in [-0.39, 0.29) is 0 Å². The highest BCUT2D eigenvalue weighted by molar-refractivity contribution is 5.53. The summed E-state index contributed by atoms with van der Waals surface area (Å²) in [6, 6.07) is 11.3. The highest BCUT2D eigenvalue weighted by Crippen LogP contribution is 2.41. The third kappa shape index (κ3) is 1.88. The van der Waals surface area contributed by atoms with Gasteiger partial charge in [0.15, 0.2) is 0 Å². The molecule has 4 rings (SSSR count). The zero-order chi connectivity index (χ0) is 13.5. The van der Waals surface area contributed by atoms with E-state index in [1.54, 1.807) is 0 Å². The van der Waals surface area contributed by atoms with E-state index in [0.29, 0.717) is 18.0 Å². The number of rotatable bonds is 2. The van der Waals surface area contributed by atoms with Crippen molar-refractivity contribution in [3.63, 3.8) is 0 Å². The van der Waals surface area contributed by atoms with Crippen LogP contribution in [0.3, 0.4) is 0 Å². The van der Waals surface area contributed by atoms with E-state index in [1.807, 2.05) is 36.5 Å². The van der Waals surface area contributed by atoms with Gasteiger partial charge in [-0.05, 0) is 32.0 Å². The zero-order valence-electron chi connectivity index (χ0n) is 11.6. The van der Waals surface area contributed by atoms with Gasteiger partial charge in [-0.15, -0.1) is 0 Å². The van der Waals surface area contributed by atoms with Crippen LogP contribution in [-0.2, 0) is 6.42 Å². The van der Waals surface area contributed by atoms with Crippen LogP contribution >= 0.6 is 0 Å². The second kappa shape index (κ2) is 4.56. The Balaban J connectivity index is 1.64. The molecule has 2 aromatic rings. The van der Waals surface area contributed by atoms with Crippen LogP contribution in [0.5, 0.6) is 0 Å². The predicted octanol–water partition coefficient (Wildman–Crippen LogP) is 2.91. The van der Waals surface area contributed by atoms with Gasteiger partial charge in [0.25, 0.3) is 0 Å². The molecule has 1 fully saturated rings. The standard InChI is InChI=1S/C16H18N4/c1-20-12-7-8-15(20)13-10-17-16(19-14(13)9-12)18-11-5-3-2-4-6-11/h2-6,10,12,15H,7-9H2,1H3,(H,17,18,19). The molecule has 102 valence electrons.